The van der Waals surface area contributed by atoms with Crippen molar-refractivity contribution in [2.45, 2.75) is 12.8 Å². The normalized spacial score (nSPS) is 13.3. The number of benzene rings is 1. The van der Waals surface area contributed by atoms with Crippen molar-refractivity contribution in [1.82, 2.24) is 35.1 Å². The highest BCUT2D eigenvalue weighted by Crippen LogP contribution is 2.33. The zero-order chi connectivity index (χ0) is 24.9. The van der Waals surface area contributed by atoms with Crippen LogP contribution in [0.4, 0.5) is 10.1 Å². The Morgan fingerprint density at radius 2 is 1.86 bits per heavy atom. The van der Waals surface area contributed by atoms with E-state index in [1.807, 2.05) is 24.3 Å². The molecule has 1 aliphatic carbocycles. The van der Waals surface area contributed by atoms with Crippen molar-refractivity contribution in [3.05, 3.63) is 73.1 Å². The van der Waals surface area contributed by atoms with E-state index in [4.69, 9.17) is 0 Å². The van der Waals surface area contributed by atoms with Gasteiger partial charge in [0.2, 0.25) is 5.91 Å². The molecule has 7 rings (SSSR count). The standard InChI is InChI=1S/C27H19FN8O/c28-18-3-1-2-15(8-18)20-6-7-30-25-22(20)33-26(34-25)23-21-10-17(12-31-24(21)36-35-23)16-9-19(13-29-11-16)32-27(37)14-4-5-14/h1-3,6-14H,4-5H2,(H,32,37)(H,30,33,34)(H,31,35,36). The van der Waals surface area contributed by atoms with Crippen LogP contribution in [0.5, 0.6) is 0 Å². The summed E-state index contributed by atoms with van der Waals surface area (Å²) in [6.45, 7) is 0. The Balaban J connectivity index is 1.28. The lowest BCUT2D eigenvalue weighted by atomic mass is 10.1. The zero-order valence-corrected chi connectivity index (χ0v) is 19.4. The smallest absolute Gasteiger partial charge is 0.227 e. The zero-order valence-electron chi connectivity index (χ0n) is 19.4. The van der Waals surface area contributed by atoms with Gasteiger partial charge in [-0.3, -0.25) is 14.9 Å². The quantitative estimate of drug-likeness (QED) is 0.308. The van der Waals surface area contributed by atoms with Gasteiger partial charge in [0.1, 0.15) is 11.5 Å². The van der Waals surface area contributed by atoms with E-state index in [1.165, 1.54) is 12.1 Å². The first-order chi connectivity index (χ1) is 18.1. The number of carbonyl (C=O) groups excluding carboxylic acids is 1. The number of rotatable bonds is 5. The Morgan fingerprint density at radius 1 is 0.973 bits per heavy atom. The number of halogens is 1. The molecule has 1 saturated carbocycles. The van der Waals surface area contributed by atoms with Crippen molar-refractivity contribution >= 4 is 33.8 Å². The monoisotopic (exact) mass is 490 g/mol. The molecule has 3 N–H and O–H groups in total. The van der Waals surface area contributed by atoms with Crippen LogP contribution in [0.2, 0.25) is 0 Å². The molecule has 0 saturated heterocycles. The molecular formula is C27H19FN8O. The number of nitrogens with one attached hydrogen (secondary N) is 3. The van der Waals surface area contributed by atoms with Crippen LogP contribution in [0.25, 0.3) is 56.0 Å². The average Bonchev–Trinajstić information content (AvgIpc) is 3.55. The predicted octanol–water partition coefficient (Wildman–Crippen LogP) is 5.11. The molecule has 0 spiro atoms. The summed E-state index contributed by atoms with van der Waals surface area (Å²) in [5.74, 6) is 0.359. The maximum absolute atomic E-state index is 13.9. The largest absolute Gasteiger partial charge is 0.335 e. The molecule has 0 bridgehead atoms. The van der Waals surface area contributed by atoms with E-state index in [1.54, 1.807) is 30.9 Å². The van der Waals surface area contributed by atoms with Crippen molar-refractivity contribution in [1.29, 1.82) is 0 Å². The number of hydrogen-bond donors (Lipinski definition) is 3. The number of imidazole rings is 1. The van der Waals surface area contributed by atoms with E-state index >= 15 is 0 Å². The summed E-state index contributed by atoms with van der Waals surface area (Å²) < 4.78 is 13.9. The lowest BCUT2D eigenvalue weighted by molar-refractivity contribution is -0.117. The van der Waals surface area contributed by atoms with E-state index in [0.29, 0.717) is 34.0 Å². The highest BCUT2D eigenvalue weighted by molar-refractivity contribution is 5.97. The highest BCUT2D eigenvalue weighted by atomic mass is 19.1. The van der Waals surface area contributed by atoms with Gasteiger partial charge in [-0.1, -0.05) is 12.1 Å². The minimum Gasteiger partial charge on any atom is -0.335 e. The third-order valence-corrected chi connectivity index (χ3v) is 6.46. The molecule has 1 aliphatic rings. The lowest BCUT2D eigenvalue weighted by Gasteiger charge is -2.06. The third kappa shape index (κ3) is 3.88. The van der Waals surface area contributed by atoms with Gasteiger partial charge >= 0.3 is 0 Å². The van der Waals surface area contributed by atoms with Gasteiger partial charge in [0.15, 0.2) is 17.1 Å². The van der Waals surface area contributed by atoms with Gasteiger partial charge in [-0.2, -0.15) is 5.10 Å². The molecule has 1 amide bonds. The summed E-state index contributed by atoms with van der Waals surface area (Å²) >= 11 is 0. The lowest BCUT2D eigenvalue weighted by Crippen LogP contribution is -2.13. The van der Waals surface area contributed by atoms with E-state index in [9.17, 15) is 9.18 Å². The van der Waals surface area contributed by atoms with Gasteiger partial charge in [0.05, 0.1) is 22.8 Å². The maximum Gasteiger partial charge on any atom is 0.227 e. The van der Waals surface area contributed by atoms with Crippen molar-refractivity contribution in [2.75, 3.05) is 5.32 Å². The fourth-order valence-electron chi connectivity index (χ4n) is 4.42. The number of carbonyl (C=O) groups is 1. The second-order valence-corrected chi connectivity index (χ2v) is 9.07. The van der Waals surface area contributed by atoms with Gasteiger partial charge < -0.3 is 10.3 Å². The van der Waals surface area contributed by atoms with Crippen LogP contribution in [0.15, 0.2) is 67.3 Å². The van der Waals surface area contributed by atoms with Gasteiger partial charge in [0, 0.05) is 41.2 Å². The van der Waals surface area contributed by atoms with Crippen molar-refractivity contribution < 1.29 is 9.18 Å². The van der Waals surface area contributed by atoms with Crippen molar-refractivity contribution in [3.63, 3.8) is 0 Å². The molecule has 6 aromatic rings. The highest BCUT2D eigenvalue weighted by Gasteiger charge is 2.29. The maximum atomic E-state index is 13.9. The topological polar surface area (TPSA) is 125 Å². The van der Waals surface area contributed by atoms with Crippen LogP contribution in [-0.2, 0) is 4.79 Å². The molecule has 5 aromatic heterocycles. The van der Waals surface area contributed by atoms with Crippen molar-refractivity contribution in [2.24, 2.45) is 5.92 Å². The summed E-state index contributed by atoms with van der Waals surface area (Å²) in [5, 5.41) is 11.1. The molecule has 10 heteroatoms. The van der Waals surface area contributed by atoms with Crippen LogP contribution in [-0.4, -0.2) is 41.0 Å². The van der Waals surface area contributed by atoms with Gasteiger partial charge in [-0.05, 0) is 48.7 Å². The van der Waals surface area contributed by atoms with E-state index < -0.39 is 0 Å². The summed E-state index contributed by atoms with van der Waals surface area (Å²) in [6, 6.07) is 12.1. The number of fused-ring (bicyclic) bond motifs is 2. The summed E-state index contributed by atoms with van der Waals surface area (Å²) in [6.07, 6.45) is 8.61. The molecule has 0 aliphatic heterocycles. The SMILES string of the molecule is O=C(Nc1cncc(-c2cnc3n[nH]c(-c4nc5nccc(-c6cccc(F)c6)c5[nH]4)c3c2)c1)C1CC1. The first kappa shape index (κ1) is 21.3. The molecule has 0 unspecified atom stereocenters. The predicted molar refractivity (Wildman–Crippen MR) is 137 cm³/mol. The molecule has 9 nitrogen and oxygen atoms in total. The number of hydrogen-bond acceptors (Lipinski definition) is 6. The number of anilines is 1. The Morgan fingerprint density at radius 3 is 2.73 bits per heavy atom. The van der Waals surface area contributed by atoms with Gasteiger partial charge in [-0.25, -0.2) is 19.3 Å². The minimum atomic E-state index is -0.314. The summed E-state index contributed by atoms with van der Waals surface area (Å²) in [7, 11) is 0. The molecule has 0 radical (unpaired) electrons. The van der Waals surface area contributed by atoms with Gasteiger partial charge in [-0.15, -0.1) is 0 Å². The van der Waals surface area contributed by atoms with Crippen LogP contribution < -0.4 is 5.32 Å². The molecule has 0 atom stereocenters. The molecule has 1 fully saturated rings. The number of pyridine rings is 3. The molecule has 1 aromatic carbocycles. The van der Waals surface area contributed by atoms with Crippen LogP contribution in [0, 0.1) is 11.7 Å². The minimum absolute atomic E-state index is 0.0285. The summed E-state index contributed by atoms with van der Waals surface area (Å²) in [4.78, 5) is 33.4. The van der Waals surface area contributed by atoms with Crippen LogP contribution in [0.1, 0.15) is 12.8 Å². The van der Waals surface area contributed by atoms with E-state index in [0.717, 1.165) is 40.5 Å². The average molecular weight is 491 g/mol. The van der Waals surface area contributed by atoms with Crippen molar-refractivity contribution in [3.8, 4) is 33.8 Å². The molecule has 5 heterocycles. The fraction of sp³-hybridized carbons (Fsp3) is 0.111. The summed E-state index contributed by atoms with van der Waals surface area (Å²) in [5.41, 5.74) is 6.18. The second-order valence-electron chi connectivity index (χ2n) is 9.07. The van der Waals surface area contributed by atoms with Gasteiger partial charge in [0.25, 0.3) is 0 Å². The Bertz CT molecular complexity index is 1820. The first-order valence-electron chi connectivity index (χ1n) is 11.8. The fourth-order valence-corrected chi connectivity index (χ4v) is 4.42. The number of aromatic nitrogens is 7. The Hall–Kier alpha value is -4.99. The van der Waals surface area contributed by atoms with Crippen LogP contribution >= 0.6 is 0 Å². The number of amides is 1. The van der Waals surface area contributed by atoms with E-state index in [-0.39, 0.29) is 17.6 Å². The molecule has 37 heavy (non-hydrogen) atoms. The second kappa shape index (κ2) is 8.30. The first-order valence-corrected chi connectivity index (χ1v) is 11.8. The number of aromatic amines is 2. The molecular weight excluding hydrogens is 471 g/mol. The number of H-pyrrole nitrogens is 2. The Kier molecular flexibility index (Phi) is 4.78. The Labute approximate surface area is 209 Å². The molecule has 180 valence electrons. The number of nitrogens with zero attached hydrogens (tertiary/aromatic N) is 5. The third-order valence-electron chi connectivity index (χ3n) is 6.46. The van der Waals surface area contributed by atoms with Crippen LogP contribution in [0.3, 0.4) is 0 Å². The van der Waals surface area contributed by atoms with E-state index in [2.05, 4.69) is 40.4 Å².